The van der Waals surface area contributed by atoms with Gasteiger partial charge in [-0.15, -0.1) is 0 Å². The molecule has 4 rings (SSSR count). The lowest BCUT2D eigenvalue weighted by atomic mass is 10.1. The Morgan fingerprint density at radius 3 is 2.07 bits per heavy atom. The van der Waals surface area contributed by atoms with E-state index in [9.17, 15) is 22.8 Å². The first-order valence-corrected chi connectivity index (χ1v) is 14.5. The largest absolute Gasteiger partial charge is 0.490 e. The number of carboxylic acids is 2. The van der Waals surface area contributed by atoms with E-state index >= 15 is 0 Å². The molecule has 0 fully saturated rings. The number of alkyl halides is 3. The summed E-state index contributed by atoms with van der Waals surface area (Å²) in [6, 6.07) is 11.0. The highest BCUT2D eigenvalue weighted by atomic mass is 35.5. The lowest BCUT2D eigenvalue weighted by Crippen LogP contribution is -2.21. The van der Waals surface area contributed by atoms with Crippen molar-refractivity contribution in [1.29, 1.82) is 0 Å². The molecule has 3 heterocycles. The van der Waals surface area contributed by atoms with E-state index in [1.807, 2.05) is 18.3 Å². The number of hydrogen-bond acceptors (Lipinski definition) is 8. The van der Waals surface area contributed by atoms with Crippen LogP contribution in [0, 0.1) is 5.92 Å². The maximum Gasteiger partial charge on any atom is 0.490 e. The van der Waals surface area contributed by atoms with Crippen LogP contribution in [0.15, 0.2) is 48.8 Å². The van der Waals surface area contributed by atoms with Crippen LogP contribution in [-0.2, 0) is 9.59 Å². The van der Waals surface area contributed by atoms with Crippen molar-refractivity contribution >= 4 is 58.1 Å². The molecule has 0 bridgehead atoms. The Labute approximate surface area is 272 Å². The van der Waals surface area contributed by atoms with Crippen LogP contribution >= 0.6 is 23.2 Å². The number of ketones is 1. The molecule has 0 aliphatic carbocycles. The zero-order valence-electron chi connectivity index (χ0n) is 25.5. The van der Waals surface area contributed by atoms with Crippen LogP contribution < -0.4 is 10.6 Å². The number of Topliss-reactive ketones (excluding diaryl/α,β-unsaturated/α-hetero) is 1. The van der Waals surface area contributed by atoms with E-state index in [4.69, 9.17) is 43.2 Å². The molecule has 0 aliphatic heterocycles. The molecule has 46 heavy (non-hydrogen) atoms. The molecule has 248 valence electrons. The number of carbonyl (C=O) groups excluding carboxylic acids is 1. The number of pyridine rings is 1. The minimum Gasteiger partial charge on any atom is -0.481 e. The van der Waals surface area contributed by atoms with Crippen molar-refractivity contribution in [3.63, 3.8) is 0 Å². The predicted octanol–water partition coefficient (Wildman–Crippen LogP) is 7.31. The van der Waals surface area contributed by atoms with E-state index in [-0.39, 0.29) is 11.7 Å². The number of fused-ring (bicyclic) bond motifs is 1. The van der Waals surface area contributed by atoms with Gasteiger partial charge in [0, 0.05) is 36.8 Å². The number of aliphatic carboxylic acids is 2. The maximum absolute atomic E-state index is 11.9. The SMILES string of the molecule is CC(=O)c1cc2c(NCCNc3ccc(C(C)C)cn3)nc(-c3ccc(Cl)cc3Cl)cn2n1.CC(C)C(=O)O.O=C(O)C(F)(F)F. The number of nitrogens with zero attached hydrogens (tertiary/aromatic N) is 4. The van der Waals surface area contributed by atoms with Gasteiger partial charge in [0.1, 0.15) is 17.0 Å². The molecule has 0 unspecified atom stereocenters. The standard InChI is InChI=1S/C24H24Cl2N6O.C4H8O2.C2HF3O2/c1-14(2)16-4-7-23(29-12-16)27-8-9-28-24-22-11-20(15(3)33)31-32(22)13-21(30-24)18-6-5-17(25)10-19(18)26;1-3(2)4(5)6;3-2(4,5)1(6)7/h4-7,10-14H,8-9H2,1-3H3,(H,27,29)(H,28,30);3H,1-2H3,(H,5,6);(H,6,7). The van der Waals surface area contributed by atoms with Gasteiger partial charge < -0.3 is 20.8 Å². The molecular weight excluding hydrogens is 652 g/mol. The van der Waals surface area contributed by atoms with E-state index in [1.54, 1.807) is 42.8 Å². The van der Waals surface area contributed by atoms with E-state index in [1.165, 1.54) is 12.5 Å². The smallest absolute Gasteiger partial charge is 0.481 e. The molecule has 16 heteroatoms. The van der Waals surface area contributed by atoms with Crippen LogP contribution in [-0.4, -0.2) is 66.8 Å². The third-order valence-corrected chi connectivity index (χ3v) is 6.48. The van der Waals surface area contributed by atoms with Gasteiger partial charge in [0.25, 0.3) is 0 Å². The van der Waals surface area contributed by atoms with Gasteiger partial charge in [-0.3, -0.25) is 9.59 Å². The summed E-state index contributed by atoms with van der Waals surface area (Å²) in [4.78, 5) is 39.7. The fourth-order valence-electron chi connectivity index (χ4n) is 3.34. The van der Waals surface area contributed by atoms with E-state index in [0.29, 0.717) is 51.8 Å². The minimum atomic E-state index is -5.08. The van der Waals surface area contributed by atoms with Crippen molar-refractivity contribution in [2.45, 2.75) is 46.7 Å². The van der Waals surface area contributed by atoms with Crippen LogP contribution in [0.2, 0.25) is 10.0 Å². The van der Waals surface area contributed by atoms with Crippen molar-refractivity contribution in [1.82, 2.24) is 19.6 Å². The summed E-state index contributed by atoms with van der Waals surface area (Å²) in [5.74, 6) is -1.99. The van der Waals surface area contributed by atoms with Gasteiger partial charge in [-0.2, -0.15) is 18.3 Å². The van der Waals surface area contributed by atoms with E-state index in [2.05, 4.69) is 40.6 Å². The minimum absolute atomic E-state index is 0.117. The fourth-order valence-corrected chi connectivity index (χ4v) is 3.85. The first kappa shape index (κ1) is 37.8. The lowest BCUT2D eigenvalue weighted by Gasteiger charge is -2.12. The highest BCUT2D eigenvalue weighted by Crippen LogP contribution is 2.31. The normalized spacial score (nSPS) is 11.0. The molecule has 0 spiro atoms. The van der Waals surface area contributed by atoms with Gasteiger partial charge in [-0.05, 0) is 41.8 Å². The summed E-state index contributed by atoms with van der Waals surface area (Å²) in [6.45, 7) is 10.3. The second kappa shape index (κ2) is 16.8. The summed E-state index contributed by atoms with van der Waals surface area (Å²) in [5, 5.41) is 27.2. The Bertz CT molecular complexity index is 1660. The number of anilines is 2. The molecule has 4 aromatic rings. The van der Waals surface area contributed by atoms with Crippen LogP contribution in [0.25, 0.3) is 16.8 Å². The predicted molar refractivity (Wildman–Crippen MR) is 170 cm³/mol. The van der Waals surface area contributed by atoms with Crippen LogP contribution in [0.1, 0.15) is 56.6 Å². The maximum atomic E-state index is 11.9. The fraction of sp³-hybridized carbons (Fsp3) is 0.333. The summed E-state index contributed by atoms with van der Waals surface area (Å²) in [6.07, 6.45) is -1.44. The van der Waals surface area contributed by atoms with Gasteiger partial charge in [0.15, 0.2) is 11.6 Å². The third kappa shape index (κ3) is 11.5. The summed E-state index contributed by atoms with van der Waals surface area (Å²) in [5.41, 5.74) is 3.60. The first-order valence-electron chi connectivity index (χ1n) is 13.7. The quantitative estimate of drug-likeness (QED) is 0.104. The Hall–Kier alpha value is -4.43. The Balaban J connectivity index is 0.000000478. The van der Waals surface area contributed by atoms with E-state index < -0.39 is 18.1 Å². The molecule has 0 aliphatic rings. The third-order valence-electron chi connectivity index (χ3n) is 5.94. The molecule has 0 radical (unpaired) electrons. The van der Waals surface area contributed by atoms with Crippen LogP contribution in [0.5, 0.6) is 0 Å². The van der Waals surface area contributed by atoms with Gasteiger partial charge in [0.2, 0.25) is 0 Å². The number of benzene rings is 1. The monoisotopic (exact) mass is 684 g/mol. The molecule has 11 nitrogen and oxygen atoms in total. The van der Waals surface area contributed by atoms with Crippen molar-refractivity contribution < 1.29 is 37.8 Å². The number of carbonyl (C=O) groups is 3. The number of nitrogens with one attached hydrogen (secondary N) is 2. The topological polar surface area (TPSA) is 159 Å². The van der Waals surface area contributed by atoms with Crippen molar-refractivity contribution in [2.24, 2.45) is 5.92 Å². The molecule has 3 aromatic heterocycles. The second-order valence-corrected chi connectivity index (χ2v) is 11.1. The summed E-state index contributed by atoms with van der Waals surface area (Å²) < 4.78 is 33.4. The summed E-state index contributed by atoms with van der Waals surface area (Å²) >= 11 is 12.4. The molecule has 0 saturated carbocycles. The Morgan fingerprint density at radius 2 is 1.59 bits per heavy atom. The molecule has 0 saturated heterocycles. The number of hydrogen-bond donors (Lipinski definition) is 4. The molecule has 0 atom stereocenters. The molecule has 0 amide bonds. The average molecular weight is 686 g/mol. The number of rotatable bonds is 9. The van der Waals surface area contributed by atoms with E-state index in [0.717, 1.165) is 11.4 Å². The summed E-state index contributed by atoms with van der Waals surface area (Å²) in [7, 11) is 0. The highest BCUT2D eigenvalue weighted by molar-refractivity contribution is 6.36. The Kier molecular flexibility index (Phi) is 13.8. The zero-order chi connectivity index (χ0) is 34.8. The number of carboxylic acid groups (broad SMARTS) is 2. The second-order valence-electron chi connectivity index (χ2n) is 10.3. The highest BCUT2D eigenvalue weighted by Gasteiger charge is 2.38. The number of aromatic nitrogens is 4. The Morgan fingerprint density at radius 1 is 0.978 bits per heavy atom. The van der Waals surface area contributed by atoms with Crippen molar-refractivity contribution in [3.05, 3.63) is 70.1 Å². The first-order chi connectivity index (χ1) is 21.4. The van der Waals surface area contributed by atoms with Crippen molar-refractivity contribution in [2.75, 3.05) is 23.7 Å². The molecule has 1 aromatic carbocycles. The molecule has 4 N–H and O–H groups in total. The van der Waals surface area contributed by atoms with Gasteiger partial charge in [-0.25, -0.2) is 19.3 Å². The molecular formula is C30H33Cl2F3N6O5. The average Bonchev–Trinajstić information content (AvgIpc) is 3.41. The van der Waals surface area contributed by atoms with Crippen LogP contribution in [0.3, 0.4) is 0 Å². The van der Waals surface area contributed by atoms with Crippen LogP contribution in [0.4, 0.5) is 24.8 Å². The number of halogens is 5. The van der Waals surface area contributed by atoms with Crippen molar-refractivity contribution in [3.8, 4) is 11.3 Å². The lowest BCUT2D eigenvalue weighted by molar-refractivity contribution is -0.192. The zero-order valence-corrected chi connectivity index (χ0v) is 27.0. The van der Waals surface area contributed by atoms with Gasteiger partial charge >= 0.3 is 18.1 Å². The van der Waals surface area contributed by atoms with Gasteiger partial charge in [-0.1, -0.05) is 57.0 Å². The van der Waals surface area contributed by atoms with Gasteiger partial charge in [0.05, 0.1) is 22.8 Å².